The summed E-state index contributed by atoms with van der Waals surface area (Å²) in [5, 5.41) is 2.82. The van der Waals surface area contributed by atoms with Crippen LogP contribution in [0.2, 0.25) is 0 Å². The first-order chi connectivity index (χ1) is 14.0. The van der Waals surface area contributed by atoms with Crippen molar-refractivity contribution >= 4 is 17.7 Å². The third-order valence-electron chi connectivity index (χ3n) is 4.71. The third-order valence-corrected chi connectivity index (χ3v) is 4.71. The predicted molar refractivity (Wildman–Crippen MR) is 107 cm³/mol. The first-order valence-corrected chi connectivity index (χ1v) is 9.51. The van der Waals surface area contributed by atoms with E-state index in [1.54, 1.807) is 43.5 Å². The summed E-state index contributed by atoms with van der Waals surface area (Å²) in [6.45, 7) is 4.10. The molecule has 1 aliphatic rings. The summed E-state index contributed by atoms with van der Waals surface area (Å²) in [5.74, 6) is -0.0997. The fraction of sp³-hybridized carbons (Fsp3) is 0.318. The van der Waals surface area contributed by atoms with Crippen LogP contribution in [0.5, 0.6) is 11.5 Å². The molecule has 7 nitrogen and oxygen atoms in total. The molecule has 0 saturated carbocycles. The maximum absolute atomic E-state index is 12.5. The van der Waals surface area contributed by atoms with Crippen molar-refractivity contribution in [3.05, 3.63) is 59.2 Å². The monoisotopic (exact) mass is 396 g/mol. The van der Waals surface area contributed by atoms with Crippen LogP contribution in [0.25, 0.3) is 0 Å². The zero-order chi connectivity index (χ0) is 21.0. The molecule has 152 valence electrons. The van der Waals surface area contributed by atoms with E-state index >= 15 is 0 Å². The Morgan fingerprint density at radius 1 is 1.07 bits per heavy atom. The van der Waals surface area contributed by atoms with Crippen LogP contribution in [0.4, 0.5) is 0 Å². The summed E-state index contributed by atoms with van der Waals surface area (Å²) in [4.78, 5) is 38.2. The Kier molecular flexibility index (Phi) is 6.16. The van der Waals surface area contributed by atoms with E-state index in [2.05, 4.69) is 5.32 Å². The summed E-state index contributed by atoms with van der Waals surface area (Å²) >= 11 is 0. The predicted octanol–water partition coefficient (Wildman–Crippen LogP) is 2.96. The molecule has 2 aromatic carbocycles. The van der Waals surface area contributed by atoms with Gasteiger partial charge in [0.1, 0.15) is 6.54 Å². The SMILES string of the molecule is CCCOc1ccc(C(C)NC(=O)CN2C(=O)c3ccccc3C2=O)cc1OC. The molecule has 7 heteroatoms. The zero-order valence-electron chi connectivity index (χ0n) is 16.7. The number of rotatable bonds is 8. The smallest absolute Gasteiger partial charge is 0.262 e. The van der Waals surface area contributed by atoms with E-state index < -0.39 is 17.7 Å². The number of hydrogen-bond acceptors (Lipinski definition) is 5. The molecule has 29 heavy (non-hydrogen) atoms. The summed E-state index contributed by atoms with van der Waals surface area (Å²) < 4.78 is 11.0. The van der Waals surface area contributed by atoms with Gasteiger partial charge in [0, 0.05) is 0 Å². The Morgan fingerprint density at radius 2 is 1.72 bits per heavy atom. The lowest BCUT2D eigenvalue weighted by molar-refractivity contribution is -0.122. The van der Waals surface area contributed by atoms with Crippen molar-refractivity contribution in [2.24, 2.45) is 0 Å². The average molecular weight is 396 g/mol. The molecule has 0 radical (unpaired) electrons. The van der Waals surface area contributed by atoms with Gasteiger partial charge in [-0.2, -0.15) is 0 Å². The van der Waals surface area contributed by atoms with Gasteiger partial charge in [0.25, 0.3) is 11.8 Å². The van der Waals surface area contributed by atoms with Crippen LogP contribution in [-0.2, 0) is 4.79 Å². The van der Waals surface area contributed by atoms with Gasteiger partial charge >= 0.3 is 0 Å². The number of carbonyl (C=O) groups is 3. The second-order valence-electron chi connectivity index (χ2n) is 6.79. The van der Waals surface area contributed by atoms with Gasteiger partial charge in [-0.25, -0.2) is 0 Å². The lowest BCUT2D eigenvalue weighted by atomic mass is 10.1. The number of benzene rings is 2. The molecule has 0 aliphatic carbocycles. The Hall–Kier alpha value is -3.35. The Labute approximate surface area is 169 Å². The minimum Gasteiger partial charge on any atom is -0.493 e. The van der Waals surface area contributed by atoms with Gasteiger partial charge < -0.3 is 14.8 Å². The first kappa shape index (κ1) is 20.4. The van der Waals surface area contributed by atoms with E-state index in [0.29, 0.717) is 29.2 Å². The van der Waals surface area contributed by atoms with Gasteiger partial charge in [0.2, 0.25) is 5.91 Å². The molecule has 1 heterocycles. The number of fused-ring (bicyclic) bond motifs is 1. The van der Waals surface area contributed by atoms with Gasteiger partial charge in [-0.3, -0.25) is 19.3 Å². The van der Waals surface area contributed by atoms with Crippen molar-refractivity contribution < 1.29 is 23.9 Å². The van der Waals surface area contributed by atoms with Crippen LogP contribution in [0.3, 0.4) is 0 Å². The molecule has 0 aromatic heterocycles. The second kappa shape index (κ2) is 8.77. The summed E-state index contributed by atoms with van der Waals surface area (Å²) in [6.07, 6.45) is 0.884. The number of nitrogens with zero attached hydrogens (tertiary/aromatic N) is 1. The van der Waals surface area contributed by atoms with Crippen LogP contribution < -0.4 is 14.8 Å². The molecule has 0 fully saturated rings. The van der Waals surface area contributed by atoms with Crippen molar-refractivity contribution in [2.75, 3.05) is 20.3 Å². The van der Waals surface area contributed by atoms with Gasteiger partial charge in [-0.1, -0.05) is 25.1 Å². The number of carbonyl (C=O) groups excluding carboxylic acids is 3. The fourth-order valence-corrected chi connectivity index (χ4v) is 3.18. The summed E-state index contributed by atoms with van der Waals surface area (Å²) in [7, 11) is 1.56. The molecule has 0 bridgehead atoms. The molecular weight excluding hydrogens is 372 g/mol. The van der Waals surface area contributed by atoms with E-state index in [4.69, 9.17) is 9.47 Å². The highest BCUT2D eigenvalue weighted by atomic mass is 16.5. The molecule has 1 aliphatic heterocycles. The van der Waals surface area contributed by atoms with Gasteiger partial charge in [-0.05, 0) is 43.2 Å². The van der Waals surface area contributed by atoms with Crippen LogP contribution in [0.1, 0.15) is 52.6 Å². The van der Waals surface area contributed by atoms with E-state index in [-0.39, 0.29) is 12.6 Å². The average Bonchev–Trinajstić information content (AvgIpc) is 2.97. The lowest BCUT2D eigenvalue weighted by Crippen LogP contribution is -2.41. The number of nitrogens with one attached hydrogen (secondary N) is 1. The molecule has 1 N–H and O–H groups in total. The lowest BCUT2D eigenvalue weighted by Gasteiger charge is -2.19. The minimum atomic E-state index is -0.451. The number of hydrogen-bond donors (Lipinski definition) is 1. The van der Waals surface area contributed by atoms with E-state index in [9.17, 15) is 14.4 Å². The zero-order valence-corrected chi connectivity index (χ0v) is 16.7. The Bertz CT molecular complexity index is 906. The van der Waals surface area contributed by atoms with Crippen LogP contribution >= 0.6 is 0 Å². The second-order valence-corrected chi connectivity index (χ2v) is 6.79. The number of imide groups is 1. The molecule has 1 atom stereocenters. The molecule has 0 saturated heterocycles. The number of methoxy groups -OCH3 is 1. The van der Waals surface area contributed by atoms with Crippen molar-refractivity contribution in [2.45, 2.75) is 26.3 Å². The van der Waals surface area contributed by atoms with Crippen LogP contribution in [-0.4, -0.2) is 42.9 Å². The van der Waals surface area contributed by atoms with Gasteiger partial charge in [0.15, 0.2) is 11.5 Å². The van der Waals surface area contributed by atoms with Crippen molar-refractivity contribution in [1.82, 2.24) is 10.2 Å². The highest BCUT2D eigenvalue weighted by Gasteiger charge is 2.36. The normalized spacial score (nSPS) is 13.8. The molecule has 2 aromatic rings. The van der Waals surface area contributed by atoms with Crippen molar-refractivity contribution in [3.8, 4) is 11.5 Å². The van der Waals surface area contributed by atoms with Crippen molar-refractivity contribution in [3.63, 3.8) is 0 Å². The van der Waals surface area contributed by atoms with Crippen LogP contribution in [0.15, 0.2) is 42.5 Å². The standard InChI is InChI=1S/C22H24N2O5/c1-4-11-29-18-10-9-15(12-19(18)28-3)14(2)23-20(25)13-24-21(26)16-7-5-6-8-17(16)22(24)27/h5-10,12,14H,4,11,13H2,1-3H3,(H,23,25). The largest absolute Gasteiger partial charge is 0.493 e. The molecular formula is C22H24N2O5. The number of amides is 3. The minimum absolute atomic E-state index is 0.325. The maximum Gasteiger partial charge on any atom is 0.262 e. The summed E-state index contributed by atoms with van der Waals surface area (Å²) in [5.41, 5.74) is 1.47. The third kappa shape index (κ3) is 4.23. The Morgan fingerprint density at radius 3 is 2.31 bits per heavy atom. The highest BCUT2D eigenvalue weighted by molar-refractivity contribution is 6.22. The van der Waals surface area contributed by atoms with Gasteiger partial charge in [-0.15, -0.1) is 0 Å². The van der Waals surface area contributed by atoms with E-state index in [0.717, 1.165) is 16.9 Å². The topological polar surface area (TPSA) is 84.9 Å². The number of ether oxygens (including phenoxy) is 2. The quantitative estimate of drug-likeness (QED) is 0.694. The maximum atomic E-state index is 12.5. The molecule has 3 rings (SSSR count). The fourth-order valence-electron chi connectivity index (χ4n) is 3.18. The van der Waals surface area contributed by atoms with Crippen molar-refractivity contribution in [1.29, 1.82) is 0 Å². The Balaban J connectivity index is 1.65. The molecule has 1 unspecified atom stereocenters. The molecule has 3 amide bonds. The van der Waals surface area contributed by atoms with E-state index in [1.807, 2.05) is 19.9 Å². The summed E-state index contributed by atoms with van der Waals surface area (Å²) in [6, 6.07) is 11.7. The highest BCUT2D eigenvalue weighted by Crippen LogP contribution is 2.30. The van der Waals surface area contributed by atoms with Crippen LogP contribution in [0, 0.1) is 0 Å². The van der Waals surface area contributed by atoms with Gasteiger partial charge in [0.05, 0.1) is 30.9 Å². The first-order valence-electron chi connectivity index (χ1n) is 9.51. The van der Waals surface area contributed by atoms with E-state index in [1.165, 1.54) is 0 Å². The molecule has 0 spiro atoms.